The van der Waals surface area contributed by atoms with E-state index in [-0.39, 0.29) is 11.7 Å². The molecule has 1 saturated heterocycles. The molecular formula is C22H27FN2OS. The van der Waals surface area contributed by atoms with Gasteiger partial charge in [-0.15, -0.1) is 11.8 Å². The highest BCUT2D eigenvalue weighted by Gasteiger charge is 2.23. The number of nitrogens with one attached hydrogen (secondary N) is 1. The van der Waals surface area contributed by atoms with Crippen LogP contribution in [-0.4, -0.2) is 31.3 Å². The Kier molecular flexibility index (Phi) is 6.78. The van der Waals surface area contributed by atoms with Crippen molar-refractivity contribution < 1.29 is 9.18 Å². The Morgan fingerprint density at radius 3 is 2.70 bits per heavy atom. The van der Waals surface area contributed by atoms with Crippen molar-refractivity contribution in [2.24, 2.45) is 5.92 Å². The molecule has 1 N–H and O–H groups in total. The van der Waals surface area contributed by atoms with Gasteiger partial charge < -0.3 is 10.2 Å². The third-order valence-corrected chi connectivity index (χ3v) is 6.14. The number of halogens is 1. The molecule has 2 aromatic rings. The first-order valence-corrected chi connectivity index (χ1v) is 10.5. The maximum Gasteiger partial charge on any atom is 0.220 e. The molecule has 1 amide bonds. The van der Waals surface area contributed by atoms with E-state index in [0.29, 0.717) is 18.9 Å². The Morgan fingerprint density at radius 1 is 1.19 bits per heavy atom. The minimum atomic E-state index is -0.208. The molecule has 0 aromatic heterocycles. The van der Waals surface area contributed by atoms with Crippen LogP contribution in [0.2, 0.25) is 0 Å². The Balaban J connectivity index is 1.35. The monoisotopic (exact) mass is 386 g/mol. The second-order valence-electron chi connectivity index (χ2n) is 7.23. The number of hydrogen-bond donors (Lipinski definition) is 1. The van der Waals surface area contributed by atoms with E-state index in [2.05, 4.69) is 42.3 Å². The summed E-state index contributed by atoms with van der Waals surface area (Å²) in [6, 6.07) is 13.1. The maximum atomic E-state index is 13.0. The van der Waals surface area contributed by atoms with E-state index in [1.807, 2.05) is 12.1 Å². The van der Waals surface area contributed by atoms with Crippen molar-refractivity contribution in [1.29, 1.82) is 0 Å². The molecule has 0 unspecified atom stereocenters. The fourth-order valence-corrected chi connectivity index (χ4v) is 4.25. The standard InChI is InChI=1S/C22H27FN2OS/c1-16-3-8-21(13-17(16)2)27-12-10-22(26)24-14-18-9-11-25(15-18)20-6-4-19(23)5-7-20/h3-8,13,18H,9-12,14-15H2,1-2H3,(H,24,26)/t18-/m0/s1. The zero-order valence-electron chi connectivity index (χ0n) is 16.0. The van der Waals surface area contributed by atoms with Crippen molar-refractivity contribution in [3.8, 4) is 0 Å². The maximum absolute atomic E-state index is 13.0. The van der Waals surface area contributed by atoms with Crippen LogP contribution in [0.3, 0.4) is 0 Å². The molecule has 0 bridgehead atoms. The second kappa shape index (κ2) is 9.27. The van der Waals surface area contributed by atoms with Gasteiger partial charge in [0, 0.05) is 42.4 Å². The minimum Gasteiger partial charge on any atom is -0.371 e. The van der Waals surface area contributed by atoms with Crippen molar-refractivity contribution in [2.45, 2.75) is 31.6 Å². The van der Waals surface area contributed by atoms with Crippen LogP contribution in [0, 0.1) is 25.6 Å². The van der Waals surface area contributed by atoms with Crippen LogP contribution in [0.15, 0.2) is 47.4 Å². The molecule has 1 aliphatic rings. The van der Waals surface area contributed by atoms with Crippen molar-refractivity contribution in [1.82, 2.24) is 5.32 Å². The first-order chi connectivity index (χ1) is 13.0. The summed E-state index contributed by atoms with van der Waals surface area (Å²) in [4.78, 5) is 15.6. The lowest BCUT2D eigenvalue weighted by Gasteiger charge is -2.18. The van der Waals surface area contributed by atoms with Crippen molar-refractivity contribution in [3.05, 3.63) is 59.4 Å². The van der Waals surface area contributed by atoms with Gasteiger partial charge in [-0.2, -0.15) is 0 Å². The predicted octanol–water partition coefficient (Wildman–Crippen LogP) is 4.57. The smallest absolute Gasteiger partial charge is 0.220 e. The zero-order chi connectivity index (χ0) is 19.2. The number of rotatable bonds is 7. The van der Waals surface area contributed by atoms with Crippen LogP contribution in [-0.2, 0) is 4.79 Å². The van der Waals surface area contributed by atoms with Gasteiger partial charge in [0.2, 0.25) is 5.91 Å². The van der Waals surface area contributed by atoms with E-state index < -0.39 is 0 Å². The molecule has 0 spiro atoms. The molecule has 1 heterocycles. The van der Waals surface area contributed by atoms with E-state index in [1.54, 1.807) is 11.8 Å². The van der Waals surface area contributed by atoms with Crippen LogP contribution in [0.4, 0.5) is 10.1 Å². The highest BCUT2D eigenvalue weighted by molar-refractivity contribution is 7.99. The molecule has 27 heavy (non-hydrogen) atoms. The highest BCUT2D eigenvalue weighted by atomic mass is 32.2. The molecule has 0 aliphatic carbocycles. The number of anilines is 1. The van der Waals surface area contributed by atoms with Gasteiger partial charge in [-0.25, -0.2) is 4.39 Å². The second-order valence-corrected chi connectivity index (χ2v) is 8.39. The SMILES string of the molecule is Cc1ccc(SCCC(=O)NC[C@@H]2CCN(c3ccc(F)cc3)C2)cc1C. The summed E-state index contributed by atoms with van der Waals surface area (Å²) >= 11 is 1.73. The molecule has 2 aromatic carbocycles. The Bertz CT molecular complexity index is 778. The molecule has 144 valence electrons. The minimum absolute atomic E-state index is 0.117. The van der Waals surface area contributed by atoms with Gasteiger partial charge >= 0.3 is 0 Å². The van der Waals surface area contributed by atoms with E-state index in [4.69, 9.17) is 0 Å². The summed E-state index contributed by atoms with van der Waals surface area (Å²) in [5, 5.41) is 3.07. The van der Waals surface area contributed by atoms with Gasteiger partial charge in [0.25, 0.3) is 0 Å². The number of thioether (sulfide) groups is 1. The molecular weight excluding hydrogens is 359 g/mol. The lowest BCUT2D eigenvalue weighted by Crippen LogP contribution is -2.31. The summed E-state index contributed by atoms with van der Waals surface area (Å²) in [7, 11) is 0. The number of nitrogens with zero attached hydrogens (tertiary/aromatic N) is 1. The lowest BCUT2D eigenvalue weighted by atomic mass is 10.1. The number of hydrogen-bond acceptors (Lipinski definition) is 3. The molecule has 3 rings (SSSR count). The van der Waals surface area contributed by atoms with Gasteiger partial charge in [-0.05, 0) is 73.7 Å². The van der Waals surface area contributed by atoms with E-state index >= 15 is 0 Å². The molecule has 1 fully saturated rings. The average Bonchev–Trinajstić information content (AvgIpc) is 3.12. The van der Waals surface area contributed by atoms with Crippen LogP contribution < -0.4 is 10.2 Å². The largest absolute Gasteiger partial charge is 0.371 e. The molecule has 3 nitrogen and oxygen atoms in total. The highest BCUT2D eigenvalue weighted by Crippen LogP contribution is 2.24. The first kappa shape index (κ1) is 19.7. The predicted molar refractivity (Wildman–Crippen MR) is 111 cm³/mol. The molecule has 1 atom stereocenters. The van der Waals surface area contributed by atoms with Gasteiger partial charge in [-0.3, -0.25) is 4.79 Å². The summed E-state index contributed by atoms with van der Waals surface area (Å²) in [6.45, 7) is 6.79. The molecule has 5 heteroatoms. The molecule has 1 aliphatic heterocycles. The third kappa shape index (κ3) is 5.73. The number of benzene rings is 2. The van der Waals surface area contributed by atoms with Gasteiger partial charge in [-0.1, -0.05) is 6.07 Å². The summed E-state index contributed by atoms with van der Waals surface area (Å²) in [6.07, 6.45) is 1.58. The van der Waals surface area contributed by atoms with Crippen LogP contribution >= 0.6 is 11.8 Å². The molecule has 0 saturated carbocycles. The quantitative estimate of drug-likeness (QED) is 0.708. The van der Waals surface area contributed by atoms with E-state index in [9.17, 15) is 9.18 Å². The summed E-state index contributed by atoms with van der Waals surface area (Å²) in [5.41, 5.74) is 3.63. The fourth-order valence-electron chi connectivity index (χ4n) is 3.30. The van der Waals surface area contributed by atoms with Crippen molar-refractivity contribution in [2.75, 3.05) is 30.3 Å². The number of amides is 1. The fraction of sp³-hybridized carbons (Fsp3) is 0.409. The Morgan fingerprint density at radius 2 is 1.96 bits per heavy atom. The summed E-state index contributed by atoms with van der Waals surface area (Å²) in [5.74, 6) is 1.15. The zero-order valence-corrected chi connectivity index (χ0v) is 16.8. The Hall–Kier alpha value is -2.01. The van der Waals surface area contributed by atoms with Crippen LogP contribution in [0.5, 0.6) is 0 Å². The normalized spacial score (nSPS) is 16.6. The summed E-state index contributed by atoms with van der Waals surface area (Å²) < 4.78 is 13.0. The topological polar surface area (TPSA) is 32.3 Å². The van der Waals surface area contributed by atoms with E-state index in [1.165, 1.54) is 28.2 Å². The van der Waals surface area contributed by atoms with Gasteiger partial charge in [0.05, 0.1) is 0 Å². The van der Waals surface area contributed by atoms with Gasteiger partial charge in [0.15, 0.2) is 0 Å². The van der Waals surface area contributed by atoms with Crippen molar-refractivity contribution in [3.63, 3.8) is 0 Å². The number of aryl methyl sites for hydroxylation is 2. The first-order valence-electron chi connectivity index (χ1n) is 9.48. The Labute approximate surface area is 165 Å². The van der Waals surface area contributed by atoms with Crippen molar-refractivity contribution >= 4 is 23.4 Å². The average molecular weight is 387 g/mol. The number of carbonyl (C=O) groups is 1. The van der Waals surface area contributed by atoms with Crippen LogP contribution in [0.1, 0.15) is 24.0 Å². The van der Waals surface area contributed by atoms with Gasteiger partial charge in [0.1, 0.15) is 5.82 Å². The van der Waals surface area contributed by atoms with Crippen LogP contribution in [0.25, 0.3) is 0 Å². The van der Waals surface area contributed by atoms with E-state index in [0.717, 1.165) is 31.0 Å². The third-order valence-electron chi connectivity index (χ3n) is 5.14. The lowest BCUT2D eigenvalue weighted by molar-refractivity contribution is -0.120. The number of carbonyl (C=O) groups excluding carboxylic acids is 1. The molecule has 0 radical (unpaired) electrons.